The summed E-state index contributed by atoms with van der Waals surface area (Å²) in [6.45, 7) is 3.92. The van der Waals surface area contributed by atoms with E-state index in [1.165, 1.54) is 11.8 Å². The minimum Gasteiger partial charge on any atom is -0.497 e. The molecular formula is C19H28F3N3O2. The van der Waals surface area contributed by atoms with Gasteiger partial charge in [0.1, 0.15) is 5.75 Å². The molecule has 0 aliphatic carbocycles. The number of methoxy groups -OCH3 is 1. The van der Waals surface area contributed by atoms with Crippen LogP contribution in [0.5, 0.6) is 5.75 Å². The van der Waals surface area contributed by atoms with E-state index in [2.05, 4.69) is 10.3 Å². The number of benzene rings is 1. The van der Waals surface area contributed by atoms with Gasteiger partial charge >= 0.3 is 6.18 Å². The van der Waals surface area contributed by atoms with Crippen molar-refractivity contribution in [3.63, 3.8) is 0 Å². The molecule has 1 aliphatic heterocycles. The van der Waals surface area contributed by atoms with Crippen LogP contribution in [0, 0.1) is 5.92 Å². The van der Waals surface area contributed by atoms with Gasteiger partial charge in [-0.3, -0.25) is 9.69 Å². The first-order chi connectivity index (χ1) is 12.2. The molecule has 1 atom stereocenters. The molecule has 1 saturated heterocycles. The number of amides is 1. The maximum atomic E-state index is 11.8. The number of ether oxygens (including phenoxy) is 1. The lowest BCUT2D eigenvalue weighted by atomic mass is 10.2. The fraction of sp³-hybridized carbons (Fsp3) is 0.526. The molecule has 3 rings (SSSR count). The van der Waals surface area contributed by atoms with E-state index in [1.807, 2.05) is 25.1 Å². The average molecular weight is 387 g/mol. The smallest absolute Gasteiger partial charge is 0.401 e. The molecule has 1 unspecified atom stereocenters. The first-order valence-electron chi connectivity index (χ1n) is 8.39. The van der Waals surface area contributed by atoms with E-state index in [4.69, 9.17) is 4.74 Å². The lowest BCUT2D eigenvalue weighted by Crippen LogP contribution is -2.32. The SMILES string of the molecule is C.CC1CCN(CC(F)(F)F)C1.COc1ccc2[nH]cc(NC(C)=O)c2c1. The van der Waals surface area contributed by atoms with Gasteiger partial charge in [-0.05, 0) is 37.1 Å². The number of nitrogens with zero attached hydrogens (tertiary/aromatic N) is 1. The van der Waals surface area contributed by atoms with Crippen LogP contribution in [0.25, 0.3) is 10.9 Å². The van der Waals surface area contributed by atoms with Crippen molar-refractivity contribution < 1.29 is 22.7 Å². The normalized spacial score (nSPS) is 17.0. The summed E-state index contributed by atoms with van der Waals surface area (Å²) in [5.41, 5.74) is 1.75. The van der Waals surface area contributed by atoms with E-state index >= 15 is 0 Å². The maximum absolute atomic E-state index is 11.8. The Morgan fingerprint density at radius 1 is 1.41 bits per heavy atom. The number of halogens is 3. The minimum absolute atomic E-state index is 0. The summed E-state index contributed by atoms with van der Waals surface area (Å²) >= 11 is 0. The van der Waals surface area contributed by atoms with Crippen molar-refractivity contribution >= 4 is 22.5 Å². The van der Waals surface area contributed by atoms with Crippen LogP contribution in [-0.2, 0) is 4.79 Å². The summed E-state index contributed by atoms with van der Waals surface area (Å²) in [5, 5.41) is 3.70. The van der Waals surface area contributed by atoms with Crippen molar-refractivity contribution in [3.8, 4) is 5.75 Å². The molecule has 1 aliphatic rings. The Balaban J connectivity index is 0.000000273. The van der Waals surface area contributed by atoms with Crippen molar-refractivity contribution in [2.45, 2.75) is 33.9 Å². The van der Waals surface area contributed by atoms with Crippen LogP contribution in [0.4, 0.5) is 18.9 Å². The van der Waals surface area contributed by atoms with E-state index in [-0.39, 0.29) is 13.3 Å². The van der Waals surface area contributed by atoms with Crippen molar-refractivity contribution in [3.05, 3.63) is 24.4 Å². The monoisotopic (exact) mass is 387 g/mol. The van der Waals surface area contributed by atoms with Crippen LogP contribution in [0.2, 0.25) is 0 Å². The lowest BCUT2D eigenvalue weighted by molar-refractivity contribution is -0.143. The first kappa shape index (κ1) is 22.8. The van der Waals surface area contributed by atoms with Gasteiger partial charge in [0.15, 0.2) is 0 Å². The second-order valence-electron chi connectivity index (χ2n) is 6.54. The first-order valence-corrected chi connectivity index (χ1v) is 8.39. The topological polar surface area (TPSA) is 57.4 Å². The second-order valence-corrected chi connectivity index (χ2v) is 6.54. The number of carbonyl (C=O) groups is 1. The Bertz CT molecular complexity index is 743. The van der Waals surface area contributed by atoms with E-state index in [0.29, 0.717) is 19.0 Å². The quantitative estimate of drug-likeness (QED) is 0.805. The van der Waals surface area contributed by atoms with E-state index in [9.17, 15) is 18.0 Å². The van der Waals surface area contributed by atoms with E-state index in [0.717, 1.165) is 28.8 Å². The number of alkyl halides is 3. The minimum atomic E-state index is -4.02. The van der Waals surface area contributed by atoms with Crippen LogP contribution in [0.15, 0.2) is 24.4 Å². The van der Waals surface area contributed by atoms with E-state index < -0.39 is 12.7 Å². The van der Waals surface area contributed by atoms with E-state index in [1.54, 1.807) is 13.3 Å². The summed E-state index contributed by atoms with van der Waals surface area (Å²) in [5.74, 6) is 1.12. The zero-order valence-electron chi connectivity index (χ0n) is 15.1. The molecule has 152 valence electrons. The number of hydrogen-bond acceptors (Lipinski definition) is 3. The van der Waals surface area contributed by atoms with Gasteiger partial charge in [-0.25, -0.2) is 0 Å². The Labute approximate surface area is 157 Å². The van der Waals surface area contributed by atoms with Crippen molar-refractivity contribution in [1.29, 1.82) is 0 Å². The Morgan fingerprint density at radius 3 is 2.63 bits per heavy atom. The molecule has 2 heterocycles. The van der Waals surface area contributed by atoms with Gasteiger partial charge in [-0.2, -0.15) is 13.2 Å². The number of aromatic nitrogens is 1. The number of likely N-dealkylation sites (tertiary alicyclic amines) is 1. The van der Waals surface area contributed by atoms with Crippen LogP contribution in [0.1, 0.15) is 27.7 Å². The molecule has 1 aromatic heterocycles. The standard InChI is InChI=1S/C11H12N2O2.C7H12F3N.CH4/c1-7(14)13-11-6-12-10-4-3-8(15-2)5-9(10)11;1-6-2-3-11(4-6)5-7(8,9)10;/h3-6,12H,1-2H3,(H,13,14);6H,2-5H2,1H3;1H4. The third kappa shape index (κ3) is 7.13. The summed E-state index contributed by atoms with van der Waals surface area (Å²) in [7, 11) is 1.62. The molecular weight excluding hydrogens is 359 g/mol. The predicted molar refractivity (Wildman–Crippen MR) is 102 cm³/mol. The molecule has 8 heteroatoms. The largest absolute Gasteiger partial charge is 0.497 e. The highest BCUT2D eigenvalue weighted by Crippen LogP contribution is 2.27. The number of H-pyrrole nitrogens is 1. The predicted octanol–water partition coefficient (Wildman–Crippen LogP) is 4.66. The Morgan fingerprint density at radius 2 is 2.11 bits per heavy atom. The third-order valence-corrected chi connectivity index (χ3v) is 4.11. The van der Waals surface area contributed by atoms with Gasteiger partial charge in [0.2, 0.25) is 5.91 Å². The zero-order chi connectivity index (χ0) is 19.3. The Hall–Kier alpha value is -2.22. The van der Waals surface area contributed by atoms with Crippen LogP contribution in [0.3, 0.4) is 0 Å². The number of fused-ring (bicyclic) bond motifs is 1. The number of hydrogen-bond donors (Lipinski definition) is 2. The molecule has 2 aromatic rings. The average Bonchev–Trinajstić information content (AvgIpc) is 3.12. The molecule has 0 radical (unpaired) electrons. The van der Waals surface area contributed by atoms with Gasteiger partial charge < -0.3 is 15.0 Å². The fourth-order valence-corrected chi connectivity index (χ4v) is 2.94. The van der Waals surface area contributed by atoms with Crippen LogP contribution in [-0.4, -0.2) is 48.7 Å². The molecule has 5 nitrogen and oxygen atoms in total. The van der Waals surface area contributed by atoms with Crippen molar-refractivity contribution in [2.75, 3.05) is 32.1 Å². The molecule has 1 aromatic carbocycles. The highest BCUT2D eigenvalue weighted by atomic mass is 19.4. The number of anilines is 1. The molecule has 0 spiro atoms. The summed E-state index contributed by atoms with van der Waals surface area (Å²) in [6, 6.07) is 5.67. The lowest BCUT2D eigenvalue weighted by Gasteiger charge is -2.16. The third-order valence-electron chi connectivity index (χ3n) is 4.11. The summed E-state index contributed by atoms with van der Waals surface area (Å²) < 4.78 is 40.5. The van der Waals surface area contributed by atoms with Crippen LogP contribution < -0.4 is 10.1 Å². The second kappa shape index (κ2) is 9.64. The van der Waals surface area contributed by atoms with Crippen molar-refractivity contribution in [2.24, 2.45) is 5.92 Å². The Kier molecular flexibility index (Phi) is 8.15. The number of aromatic amines is 1. The molecule has 0 saturated carbocycles. The molecule has 1 amide bonds. The molecule has 1 fully saturated rings. The highest BCUT2D eigenvalue weighted by molar-refractivity contribution is 6.01. The number of nitrogens with one attached hydrogen (secondary N) is 2. The molecule has 2 N–H and O–H groups in total. The molecule has 27 heavy (non-hydrogen) atoms. The summed E-state index contributed by atoms with van der Waals surface area (Å²) in [6.07, 6.45) is -1.36. The number of rotatable bonds is 3. The van der Waals surface area contributed by atoms with Crippen LogP contribution >= 0.6 is 0 Å². The fourth-order valence-electron chi connectivity index (χ4n) is 2.94. The van der Waals surface area contributed by atoms with Gasteiger partial charge in [-0.1, -0.05) is 14.4 Å². The van der Waals surface area contributed by atoms with Crippen molar-refractivity contribution in [1.82, 2.24) is 9.88 Å². The zero-order valence-corrected chi connectivity index (χ0v) is 15.1. The van der Waals surface area contributed by atoms with Gasteiger partial charge in [-0.15, -0.1) is 0 Å². The number of carbonyl (C=O) groups excluding carboxylic acids is 1. The van der Waals surface area contributed by atoms with Gasteiger partial charge in [0.05, 0.1) is 19.3 Å². The molecule has 0 bridgehead atoms. The van der Waals surface area contributed by atoms with Gasteiger partial charge in [0.25, 0.3) is 0 Å². The maximum Gasteiger partial charge on any atom is 0.401 e. The van der Waals surface area contributed by atoms with Gasteiger partial charge in [0, 0.05) is 30.6 Å². The summed E-state index contributed by atoms with van der Waals surface area (Å²) in [4.78, 5) is 15.5. The highest BCUT2D eigenvalue weighted by Gasteiger charge is 2.33.